The lowest BCUT2D eigenvalue weighted by Crippen LogP contribution is -2.13. The van der Waals surface area contributed by atoms with Gasteiger partial charge in [0.15, 0.2) is 0 Å². The molecule has 0 saturated heterocycles. The Morgan fingerprint density at radius 2 is 1.88 bits per heavy atom. The molecular weight excluding hydrogens is 322 g/mol. The molecule has 4 nitrogen and oxygen atoms in total. The van der Waals surface area contributed by atoms with Gasteiger partial charge in [-0.05, 0) is 42.2 Å². The number of aromatic nitrogens is 1. The van der Waals surface area contributed by atoms with Crippen molar-refractivity contribution in [2.24, 2.45) is 0 Å². The van der Waals surface area contributed by atoms with Crippen LogP contribution in [-0.4, -0.2) is 15.6 Å². The van der Waals surface area contributed by atoms with E-state index in [0.29, 0.717) is 6.54 Å². The van der Waals surface area contributed by atoms with E-state index in [1.54, 1.807) is 6.08 Å². The largest absolute Gasteiger partial charge is 0.478 e. The van der Waals surface area contributed by atoms with Crippen molar-refractivity contribution in [2.75, 3.05) is 0 Å². The number of carbonyl (C=O) groups is 1. The fraction of sp³-hybridized carbons (Fsp3) is 0.158. The van der Waals surface area contributed by atoms with Crippen molar-refractivity contribution < 1.29 is 9.90 Å². The molecule has 0 fully saturated rings. The quantitative estimate of drug-likeness (QED) is 0.695. The second-order valence-corrected chi connectivity index (χ2v) is 6.50. The first-order valence-electron chi connectivity index (χ1n) is 7.72. The smallest absolute Gasteiger partial charge is 0.328 e. The van der Waals surface area contributed by atoms with Crippen LogP contribution in [0.1, 0.15) is 17.5 Å². The fourth-order valence-electron chi connectivity index (χ4n) is 2.63. The molecule has 0 spiro atoms. The zero-order valence-corrected chi connectivity index (χ0v) is 13.8. The maximum Gasteiger partial charge on any atom is 0.328 e. The molecule has 0 amide bonds. The predicted molar refractivity (Wildman–Crippen MR) is 97.5 cm³/mol. The Balaban J connectivity index is 1.63. The summed E-state index contributed by atoms with van der Waals surface area (Å²) in [5.41, 5.74) is 3.04. The van der Waals surface area contributed by atoms with Gasteiger partial charge in [0.25, 0.3) is 0 Å². The van der Waals surface area contributed by atoms with Gasteiger partial charge in [0.2, 0.25) is 0 Å². The average Bonchev–Trinajstić information content (AvgIpc) is 2.90. The first-order valence-corrected chi connectivity index (χ1v) is 8.53. The van der Waals surface area contributed by atoms with E-state index in [1.165, 1.54) is 16.9 Å². The standard InChI is InChI=1S/C19H17NO3S/c21-18(22)12-11-15-9-7-14(8-10-15)4-3-13-20-16-5-1-2-6-17(16)24-19(20)23/h1-2,5-12H,3-4,13H2,(H,21,22)/b12-11-. The number of rotatable bonds is 6. The topological polar surface area (TPSA) is 59.3 Å². The van der Waals surface area contributed by atoms with Crippen LogP contribution in [0.3, 0.4) is 0 Å². The summed E-state index contributed by atoms with van der Waals surface area (Å²) < 4.78 is 2.86. The minimum Gasteiger partial charge on any atom is -0.478 e. The highest BCUT2D eigenvalue weighted by Gasteiger charge is 2.06. The summed E-state index contributed by atoms with van der Waals surface area (Å²) in [4.78, 5) is 22.7. The molecule has 0 bridgehead atoms. The summed E-state index contributed by atoms with van der Waals surface area (Å²) in [5.74, 6) is -0.951. The number of aryl methyl sites for hydroxylation is 2. The minimum absolute atomic E-state index is 0.0883. The number of benzene rings is 2. The lowest BCUT2D eigenvalue weighted by atomic mass is 10.1. The van der Waals surface area contributed by atoms with Crippen LogP contribution in [0.5, 0.6) is 0 Å². The molecule has 122 valence electrons. The number of fused-ring (bicyclic) bond motifs is 1. The third-order valence-electron chi connectivity index (χ3n) is 3.82. The molecule has 0 atom stereocenters. The third kappa shape index (κ3) is 3.81. The highest BCUT2D eigenvalue weighted by atomic mass is 32.1. The van der Waals surface area contributed by atoms with Crippen molar-refractivity contribution >= 4 is 33.6 Å². The van der Waals surface area contributed by atoms with Gasteiger partial charge in [0.05, 0.1) is 10.2 Å². The molecule has 24 heavy (non-hydrogen) atoms. The van der Waals surface area contributed by atoms with Crippen LogP contribution in [0.15, 0.2) is 59.4 Å². The number of para-hydroxylation sites is 1. The first-order chi connectivity index (χ1) is 11.6. The second-order valence-electron chi connectivity index (χ2n) is 5.50. The van der Waals surface area contributed by atoms with Crippen LogP contribution in [0.2, 0.25) is 0 Å². The Morgan fingerprint density at radius 3 is 2.62 bits per heavy atom. The van der Waals surface area contributed by atoms with Gasteiger partial charge < -0.3 is 5.11 Å². The van der Waals surface area contributed by atoms with Gasteiger partial charge in [-0.25, -0.2) is 4.79 Å². The monoisotopic (exact) mass is 339 g/mol. The van der Waals surface area contributed by atoms with Crippen molar-refractivity contribution in [1.82, 2.24) is 4.57 Å². The molecule has 0 saturated carbocycles. The van der Waals surface area contributed by atoms with Gasteiger partial charge in [-0.2, -0.15) is 0 Å². The van der Waals surface area contributed by atoms with Crippen LogP contribution in [0.4, 0.5) is 0 Å². The molecule has 1 aromatic heterocycles. The molecule has 1 heterocycles. The Hall–Kier alpha value is -2.66. The maximum absolute atomic E-state index is 12.1. The van der Waals surface area contributed by atoms with E-state index in [2.05, 4.69) is 0 Å². The summed E-state index contributed by atoms with van der Waals surface area (Å²) in [6.07, 6.45) is 4.46. The molecule has 0 aliphatic rings. The van der Waals surface area contributed by atoms with Gasteiger partial charge >= 0.3 is 10.8 Å². The molecule has 0 unspecified atom stereocenters. The SMILES string of the molecule is O=C(O)/C=C\c1ccc(CCCn2c(=O)sc3ccccc32)cc1. The van der Waals surface area contributed by atoms with Crippen molar-refractivity contribution in [2.45, 2.75) is 19.4 Å². The normalized spacial score (nSPS) is 11.3. The fourth-order valence-corrected chi connectivity index (χ4v) is 3.55. The molecule has 0 aliphatic carbocycles. The zero-order valence-electron chi connectivity index (χ0n) is 13.0. The Bertz CT molecular complexity index is 935. The number of carboxylic acid groups (broad SMARTS) is 1. The number of thiazole rings is 1. The molecule has 2 aromatic carbocycles. The van der Waals surface area contributed by atoms with Crippen molar-refractivity contribution in [1.29, 1.82) is 0 Å². The lowest BCUT2D eigenvalue weighted by molar-refractivity contribution is -0.131. The van der Waals surface area contributed by atoms with E-state index in [9.17, 15) is 9.59 Å². The lowest BCUT2D eigenvalue weighted by Gasteiger charge is -2.05. The van der Waals surface area contributed by atoms with Gasteiger partial charge in [-0.3, -0.25) is 9.36 Å². The molecule has 5 heteroatoms. The summed E-state index contributed by atoms with van der Waals surface area (Å²) in [7, 11) is 0. The Labute approximate surface area is 143 Å². The van der Waals surface area contributed by atoms with Gasteiger partial charge in [0.1, 0.15) is 0 Å². The zero-order chi connectivity index (χ0) is 16.9. The Morgan fingerprint density at radius 1 is 1.12 bits per heavy atom. The second kappa shape index (κ2) is 7.27. The Kier molecular flexibility index (Phi) is 4.91. The number of hydrogen-bond acceptors (Lipinski definition) is 3. The summed E-state index contributed by atoms with van der Waals surface area (Å²) >= 11 is 1.29. The number of nitrogens with zero attached hydrogens (tertiary/aromatic N) is 1. The van der Waals surface area contributed by atoms with Crippen LogP contribution < -0.4 is 4.87 Å². The van der Waals surface area contributed by atoms with Crippen LogP contribution in [0, 0.1) is 0 Å². The summed E-state index contributed by atoms with van der Waals surface area (Å²) in [5, 5.41) is 8.62. The van der Waals surface area contributed by atoms with Crippen molar-refractivity contribution in [3.8, 4) is 0 Å². The van der Waals surface area contributed by atoms with Gasteiger partial charge in [-0.15, -0.1) is 0 Å². The molecule has 3 rings (SSSR count). The molecule has 0 radical (unpaired) electrons. The van der Waals surface area contributed by atoms with Crippen LogP contribution >= 0.6 is 11.3 Å². The van der Waals surface area contributed by atoms with Crippen LogP contribution in [-0.2, 0) is 17.8 Å². The highest BCUT2D eigenvalue weighted by molar-refractivity contribution is 7.16. The highest BCUT2D eigenvalue weighted by Crippen LogP contribution is 2.17. The van der Waals surface area contributed by atoms with Crippen molar-refractivity contribution in [3.05, 3.63) is 75.4 Å². The average molecular weight is 339 g/mol. The minimum atomic E-state index is -0.951. The van der Waals surface area contributed by atoms with E-state index in [1.807, 2.05) is 53.1 Å². The predicted octanol–water partition coefficient (Wildman–Crippen LogP) is 3.79. The van der Waals surface area contributed by atoms with E-state index in [-0.39, 0.29) is 4.87 Å². The van der Waals surface area contributed by atoms with E-state index in [4.69, 9.17) is 5.11 Å². The first kappa shape index (κ1) is 16.2. The van der Waals surface area contributed by atoms with E-state index >= 15 is 0 Å². The molecular formula is C19H17NO3S. The number of hydrogen-bond donors (Lipinski definition) is 1. The van der Waals surface area contributed by atoms with Gasteiger partial charge in [0, 0.05) is 12.6 Å². The molecule has 0 aliphatic heterocycles. The number of aliphatic carboxylic acids is 1. The number of carboxylic acids is 1. The maximum atomic E-state index is 12.1. The van der Waals surface area contributed by atoms with Gasteiger partial charge in [-0.1, -0.05) is 47.7 Å². The van der Waals surface area contributed by atoms with E-state index in [0.717, 1.165) is 34.7 Å². The third-order valence-corrected chi connectivity index (χ3v) is 4.78. The molecule has 3 aromatic rings. The summed E-state index contributed by atoms with van der Waals surface area (Å²) in [6, 6.07) is 15.7. The summed E-state index contributed by atoms with van der Waals surface area (Å²) in [6.45, 7) is 0.698. The van der Waals surface area contributed by atoms with E-state index < -0.39 is 5.97 Å². The molecule has 1 N–H and O–H groups in total. The van der Waals surface area contributed by atoms with Crippen molar-refractivity contribution in [3.63, 3.8) is 0 Å². The van der Waals surface area contributed by atoms with Crippen LogP contribution in [0.25, 0.3) is 16.3 Å².